The van der Waals surface area contributed by atoms with Crippen LogP contribution in [0, 0.1) is 0 Å². The van der Waals surface area contributed by atoms with E-state index in [1.165, 1.54) is 16.7 Å². The standard InChI is InChI=1S/C11H16N4O3S/c1-3-14-5-8(4-12-14)13-11(18)15-7(2)19-6-9(15)10(16)17/h4-5,7,9H,3,6H2,1-2H3,(H,13,18)(H,16,17). The van der Waals surface area contributed by atoms with Crippen LogP contribution in [0.3, 0.4) is 0 Å². The molecule has 1 aromatic heterocycles. The van der Waals surface area contributed by atoms with Gasteiger partial charge in [-0.25, -0.2) is 9.59 Å². The molecule has 2 atom stereocenters. The van der Waals surface area contributed by atoms with E-state index in [1.54, 1.807) is 17.1 Å². The minimum Gasteiger partial charge on any atom is -0.480 e. The zero-order valence-electron chi connectivity index (χ0n) is 10.7. The summed E-state index contributed by atoms with van der Waals surface area (Å²) in [5, 5.41) is 15.7. The van der Waals surface area contributed by atoms with E-state index in [4.69, 9.17) is 5.11 Å². The smallest absolute Gasteiger partial charge is 0.327 e. The number of nitrogens with one attached hydrogen (secondary N) is 1. The minimum absolute atomic E-state index is 0.151. The van der Waals surface area contributed by atoms with Gasteiger partial charge >= 0.3 is 12.0 Å². The summed E-state index contributed by atoms with van der Waals surface area (Å²) in [5.74, 6) is -0.561. The lowest BCUT2D eigenvalue weighted by molar-refractivity contribution is -0.141. The molecule has 7 nitrogen and oxygen atoms in total. The Balaban J connectivity index is 2.07. The molecule has 1 aliphatic heterocycles. The zero-order valence-corrected chi connectivity index (χ0v) is 11.6. The van der Waals surface area contributed by atoms with E-state index in [-0.39, 0.29) is 5.37 Å². The van der Waals surface area contributed by atoms with Gasteiger partial charge in [0.1, 0.15) is 6.04 Å². The molecule has 0 saturated carbocycles. The number of thioether (sulfide) groups is 1. The first-order valence-electron chi connectivity index (χ1n) is 5.99. The van der Waals surface area contributed by atoms with E-state index in [1.807, 2.05) is 13.8 Å². The molecule has 1 fully saturated rings. The van der Waals surface area contributed by atoms with Crippen LogP contribution in [0.15, 0.2) is 12.4 Å². The monoisotopic (exact) mass is 284 g/mol. The Morgan fingerprint density at radius 2 is 2.37 bits per heavy atom. The predicted molar refractivity (Wildman–Crippen MR) is 72.1 cm³/mol. The molecule has 2 amide bonds. The van der Waals surface area contributed by atoms with Crippen molar-refractivity contribution >= 4 is 29.4 Å². The van der Waals surface area contributed by atoms with Crippen molar-refractivity contribution in [3.05, 3.63) is 12.4 Å². The third-order valence-electron chi connectivity index (χ3n) is 2.95. The second-order valence-corrected chi connectivity index (χ2v) is 5.56. The first-order chi connectivity index (χ1) is 9.02. The maximum absolute atomic E-state index is 12.1. The summed E-state index contributed by atoms with van der Waals surface area (Å²) in [7, 11) is 0. The van der Waals surface area contributed by atoms with Crippen molar-refractivity contribution in [1.29, 1.82) is 0 Å². The number of amides is 2. The fourth-order valence-electron chi connectivity index (χ4n) is 1.93. The second-order valence-electron chi connectivity index (χ2n) is 4.21. The number of nitrogens with zero attached hydrogens (tertiary/aromatic N) is 3. The number of carbonyl (C=O) groups is 2. The summed E-state index contributed by atoms with van der Waals surface area (Å²) in [6.07, 6.45) is 3.26. The molecule has 0 aromatic carbocycles. The van der Waals surface area contributed by atoms with Gasteiger partial charge in [-0.1, -0.05) is 0 Å². The summed E-state index contributed by atoms with van der Waals surface area (Å²) in [4.78, 5) is 24.6. The molecular weight excluding hydrogens is 268 g/mol. The number of rotatable bonds is 3. The van der Waals surface area contributed by atoms with Gasteiger partial charge in [0.2, 0.25) is 0 Å². The van der Waals surface area contributed by atoms with Crippen LogP contribution in [0.2, 0.25) is 0 Å². The lowest BCUT2D eigenvalue weighted by atomic mass is 10.3. The van der Waals surface area contributed by atoms with Crippen LogP contribution in [-0.2, 0) is 11.3 Å². The quantitative estimate of drug-likeness (QED) is 0.873. The highest BCUT2D eigenvalue weighted by Gasteiger charge is 2.39. The van der Waals surface area contributed by atoms with Crippen molar-refractivity contribution in [2.24, 2.45) is 0 Å². The van der Waals surface area contributed by atoms with Crippen molar-refractivity contribution in [2.75, 3.05) is 11.1 Å². The summed E-state index contributed by atoms with van der Waals surface area (Å²) >= 11 is 1.45. The molecule has 0 radical (unpaired) electrons. The number of carbonyl (C=O) groups excluding carboxylic acids is 1. The van der Waals surface area contributed by atoms with Crippen LogP contribution in [0.1, 0.15) is 13.8 Å². The van der Waals surface area contributed by atoms with Gasteiger partial charge in [0.15, 0.2) is 0 Å². The van der Waals surface area contributed by atoms with Crippen LogP contribution in [0.4, 0.5) is 10.5 Å². The summed E-state index contributed by atoms with van der Waals surface area (Å²) in [5.41, 5.74) is 0.570. The number of aromatic nitrogens is 2. The first kappa shape index (κ1) is 13.7. The van der Waals surface area contributed by atoms with Crippen molar-refractivity contribution in [3.8, 4) is 0 Å². The Morgan fingerprint density at radius 3 is 2.95 bits per heavy atom. The molecule has 19 heavy (non-hydrogen) atoms. The number of aliphatic carboxylic acids is 1. The molecule has 1 aliphatic rings. The average molecular weight is 284 g/mol. The highest BCUT2D eigenvalue weighted by molar-refractivity contribution is 8.00. The number of aryl methyl sites for hydroxylation is 1. The summed E-state index contributed by atoms with van der Waals surface area (Å²) < 4.78 is 1.69. The topological polar surface area (TPSA) is 87.5 Å². The van der Waals surface area contributed by atoms with Gasteiger partial charge in [-0.3, -0.25) is 9.58 Å². The highest BCUT2D eigenvalue weighted by Crippen LogP contribution is 2.29. The van der Waals surface area contributed by atoms with Crippen molar-refractivity contribution in [2.45, 2.75) is 31.8 Å². The maximum Gasteiger partial charge on any atom is 0.327 e. The number of carboxylic acid groups (broad SMARTS) is 1. The van der Waals surface area contributed by atoms with Gasteiger partial charge in [-0.05, 0) is 13.8 Å². The number of hydrogen-bond acceptors (Lipinski definition) is 4. The fourth-order valence-corrected chi connectivity index (χ4v) is 3.10. The van der Waals surface area contributed by atoms with Gasteiger partial charge in [-0.15, -0.1) is 11.8 Å². The molecule has 104 valence electrons. The number of carboxylic acids is 1. The number of anilines is 1. The van der Waals surface area contributed by atoms with Crippen LogP contribution < -0.4 is 5.32 Å². The Bertz CT molecular complexity index is 490. The summed E-state index contributed by atoms with van der Waals surface area (Å²) in [6, 6.07) is -1.18. The van der Waals surface area contributed by atoms with E-state index >= 15 is 0 Å². The van der Waals surface area contributed by atoms with Crippen LogP contribution >= 0.6 is 11.8 Å². The third kappa shape index (κ3) is 2.83. The van der Waals surface area contributed by atoms with Crippen molar-refractivity contribution < 1.29 is 14.7 Å². The van der Waals surface area contributed by atoms with E-state index in [2.05, 4.69) is 10.4 Å². The van der Waals surface area contributed by atoms with E-state index < -0.39 is 18.0 Å². The van der Waals surface area contributed by atoms with Crippen molar-refractivity contribution in [3.63, 3.8) is 0 Å². The SMILES string of the molecule is CCn1cc(NC(=O)N2C(C)SCC2C(=O)O)cn1. The molecular formula is C11H16N4O3S. The normalized spacial score (nSPS) is 22.5. The average Bonchev–Trinajstić information content (AvgIpc) is 2.95. The van der Waals surface area contributed by atoms with Gasteiger partial charge in [0.05, 0.1) is 17.3 Å². The van der Waals surface area contributed by atoms with Gasteiger partial charge in [0, 0.05) is 18.5 Å². The Labute approximate surface area is 115 Å². The highest BCUT2D eigenvalue weighted by atomic mass is 32.2. The number of hydrogen-bond donors (Lipinski definition) is 2. The first-order valence-corrected chi connectivity index (χ1v) is 7.04. The lowest BCUT2D eigenvalue weighted by Crippen LogP contribution is -2.46. The predicted octanol–water partition coefficient (Wildman–Crippen LogP) is 1.28. The van der Waals surface area contributed by atoms with Gasteiger partial charge < -0.3 is 10.4 Å². The molecule has 2 N–H and O–H groups in total. The molecule has 2 unspecified atom stereocenters. The van der Waals surface area contributed by atoms with E-state index in [0.29, 0.717) is 18.0 Å². The molecule has 1 aromatic rings. The second kappa shape index (κ2) is 5.52. The Hall–Kier alpha value is -1.70. The lowest BCUT2D eigenvalue weighted by Gasteiger charge is -2.24. The van der Waals surface area contributed by atoms with Crippen molar-refractivity contribution in [1.82, 2.24) is 14.7 Å². The molecule has 2 rings (SSSR count). The Kier molecular flexibility index (Phi) is 3.98. The molecule has 8 heteroatoms. The van der Waals surface area contributed by atoms with Gasteiger partial charge in [0.25, 0.3) is 0 Å². The van der Waals surface area contributed by atoms with Crippen LogP contribution in [-0.4, -0.2) is 49.0 Å². The molecule has 0 bridgehead atoms. The minimum atomic E-state index is -0.976. The van der Waals surface area contributed by atoms with Crippen LogP contribution in [0.25, 0.3) is 0 Å². The van der Waals surface area contributed by atoms with E-state index in [0.717, 1.165) is 0 Å². The number of urea groups is 1. The van der Waals surface area contributed by atoms with Crippen LogP contribution in [0.5, 0.6) is 0 Å². The zero-order chi connectivity index (χ0) is 14.0. The largest absolute Gasteiger partial charge is 0.480 e. The fraction of sp³-hybridized carbons (Fsp3) is 0.545. The Morgan fingerprint density at radius 1 is 1.63 bits per heavy atom. The molecule has 0 spiro atoms. The maximum atomic E-state index is 12.1. The molecule has 2 heterocycles. The summed E-state index contributed by atoms with van der Waals surface area (Å²) in [6.45, 7) is 4.48. The van der Waals surface area contributed by atoms with Gasteiger partial charge in [-0.2, -0.15) is 5.10 Å². The van der Waals surface area contributed by atoms with E-state index in [9.17, 15) is 9.59 Å². The third-order valence-corrected chi connectivity index (χ3v) is 4.17. The molecule has 0 aliphatic carbocycles. The molecule has 1 saturated heterocycles.